The van der Waals surface area contributed by atoms with Crippen molar-refractivity contribution in [2.75, 3.05) is 31.3 Å². The first-order valence-corrected chi connectivity index (χ1v) is 10.4. The van der Waals surface area contributed by atoms with Gasteiger partial charge in [0, 0.05) is 18.3 Å². The Kier molecular flexibility index (Phi) is 7.92. The molecule has 1 aromatic heterocycles. The molecule has 0 fully saturated rings. The maximum Gasteiger partial charge on any atom is 0.416 e. The number of nitrogens with one attached hydrogen (secondary N) is 3. The molecule has 0 aliphatic carbocycles. The van der Waals surface area contributed by atoms with Crippen LogP contribution >= 0.6 is 0 Å². The highest BCUT2D eigenvalue weighted by atomic mass is 19.4. The molecule has 188 valence electrons. The maximum atomic E-state index is 14.4. The lowest BCUT2D eigenvalue weighted by Crippen LogP contribution is -2.30. The van der Waals surface area contributed by atoms with Crippen molar-refractivity contribution in [3.8, 4) is 0 Å². The van der Waals surface area contributed by atoms with Gasteiger partial charge < -0.3 is 30.7 Å². The van der Waals surface area contributed by atoms with Gasteiger partial charge in [0.1, 0.15) is 11.6 Å². The van der Waals surface area contributed by atoms with Crippen LogP contribution in [-0.2, 0) is 17.5 Å². The molecule has 0 radical (unpaired) electrons. The number of amides is 2. The molecule has 1 aliphatic heterocycles. The standard InChI is InChI=1S/C22H24F4N6O3/c1-4-35-18-6-12(8-29-20(18)33)19-27-9-14(10-28-19)30-21(34)31-17-7-15(22(24,25)26)13(5-16(17)23)11-32(2)3/h5-10,20,29,33H,4,11H2,1-3H3,(H2,30,31,34). The molecule has 1 aliphatic rings. The van der Waals surface area contributed by atoms with Crippen LogP contribution in [-0.4, -0.2) is 52.9 Å². The molecule has 0 saturated carbocycles. The third kappa shape index (κ3) is 6.67. The highest BCUT2D eigenvalue weighted by Crippen LogP contribution is 2.35. The Labute approximate surface area is 198 Å². The van der Waals surface area contributed by atoms with Gasteiger partial charge in [-0.1, -0.05) is 0 Å². The summed E-state index contributed by atoms with van der Waals surface area (Å²) in [5.74, 6) is -0.468. The third-order valence-electron chi connectivity index (χ3n) is 4.68. The number of alkyl halides is 3. The number of rotatable bonds is 7. The Morgan fingerprint density at radius 2 is 1.91 bits per heavy atom. The van der Waals surface area contributed by atoms with Crippen molar-refractivity contribution in [3.63, 3.8) is 0 Å². The number of nitrogens with zero attached hydrogens (tertiary/aromatic N) is 3. The first kappa shape index (κ1) is 25.9. The molecule has 1 atom stereocenters. The minimum atomic E-state index is -4.73. The largest absolute Gasteiger partial charge is 0.493 e. The van der Waals surface area contributed by atoms with Crippen molar-refractivity contribution >= 4 is 23.0 Å². The fourth-order valence-corrected chi connectivity index (χ4v) is 3.21. The van der Waals surface area contributed by atoms with E-state index in [1.165, 1.54) is 23.5 Å². The van der Waals surface area contributed by atoms with Crippen LogP contribution < -0.4 is 16.0 Å². The van der Waals surface area contributed by atoms with Gasteiger partial charge in [0.15, 0.2) is 12.1 Å². The quantitative estimate of drug-likeness (QED) is 0.434. The number of carbonyl (C=O) groups is 1. The summed E-state index contributed by atoms with van der Waals surface area (Å²) in [5.41, 5.74) is -1.30. The van der Waals surface area contributed by atoms with Crippen LogP contribution in [0.2, 0.25) is 0 Å². The number of halogens is 4. The zero-order valence-electron chi connectivity index (χ0n) is 19.1. The molecule has 2 aromatic rings. The average molecular weight is 496 g/mol. The first-order valence-electron chi connectivity index (χ1n) is 10.4. The Morgan fingerprint density at radius 3 is 2.51 bits per heavy atom. The molecule has 9 nitrogen and oxygen atoms in total. The second kappa shape index (κ2) is 10.7. The van der Waals surface area contributed by atoms with E-state index in [1.54, 1.807) is 27.1 Å². The van der Waals surface area contributed by atoms with E-state index >= 15 is 0 Å². The SMILES string of the molecule is CCOC1=CC(c2ncc(NC(=O)Nc3cc(C(F)(F)F)c(CN(C)C)cc3F)cn2)=CNC1O. The number of urea groups is 1. The minimum absolute atomic E-state index is 0.116. The molecule has 13 heteroatoms. The predicted octanol–water partition coefficient (Wildman–Crippen LogP) is 3.52. The van der Waals surface area contributed by atoms with Gasteiger partial charge in [-0.3, -0.25) is 0 Å². The van der Waals surface area contributed by atoms with Crippen LogP contribution in [0.5, 0.6) is 0 Å². The van der Waals surface area contributed by atoms with Crippen LogP contribution in [0.1, 0.15) is 23.9 Å². The summed E-state index contributed by atoms with van der Waals surface area (Å²) in [6.45, 7) is 1.98. The fraction of sp³-hybridized carbons (Fsp3) is 0.318. The van der Waals surface area contributed by atoms with E-state index in [0.29, 0.717) is 18.2 Å². The molecule has 1 unspecified atom stereocenters. The molecule has 0 spiro atoms. The molecule has 4 N–H and O–H groups in total. The zero-order chi connectivity index (χ0) is 25.8. The fourth-order valence-electron chi connectivity index (χ4n) is 3.21. The van der Waals surface area contributed by atoms with Crippen molar-refractivity contribution in [2.45, 2.75) is 25.9 Å². The van der Waals surface area contributed by atoms with Crippen LogP contribution in [0.25, 0.3) is 5.57 Å². The van der Waals surface area contributed by atoms with E-state index in [-0.39, 0.29) is 29.4 Å². The van der Waals surface area contributed by atoms with Gasteiger partial charge in [0.25, 0.3) is 0 Å². The molecule has 35 heavy (non-hydrogen) atoms. The Bertz CT molecular complexity index is 1130. The van der Waals surface area contributed by atoms with Crippen molar-refractivity contribution in [3.05, 3.63) is 65.3 Å². The van der Waals surface area contributed by atoms with Crippen molar-refractivity contribution in [2.24, 2.45) is 0 Å². The van der Waals surface area contributed by atoms with Crippen LogP contribution in [0.4, 0.5) is 33.7 Å². The molecule has 2 heterocycles. The third-order valence-corrected chi connectivity index (χ3v) is 4.68. The average Bonchev–Trinajstić information content (AvgIpc) is 2.76. The zero-order valence-corrected chi connectivity index (χ0v) is 19.1. The normalized spacial score (nSPS) is 15.7. The first-order chi connectivity index (χ1) is 16.5. The highest BCUT2D eigenvalue weighted by Gasteiger charge is 2.34. The number of aromatic nitrogens is 2. The van der Waals surface area contributed by atoms with Crippen LogP contribution in [0.15, 0.2) is 42.6 Å². The van der Waals surface area contributed by atoms with Gasteiger partial charge in [-0.2, -0.15) is 13.2 Å². The lowest BCUT2D eigenvalue weighted by molar-refractivity contribution is -0.138. The van der Waals surface area contributed by atoms with Crippen molar-refractivity contribution in [1.29, 1.82) is 0 Å². The van der Waals surface area contributed by atoms with Crippen LogP contribution in [0.3, 0.4) is 0 Å². The molecule has 0 saturated heterocycles. The Hall–Kier alpha value is -3.71. The Morgan fingerprint density at radius 1 is 1.23 bits per heavy atom. The minimum Gasteiger partial charge on any atom is -0.493 e. The lowest BCUT2D eigenvalue weighted by atomic mass is 10.0. The molecule has 0 bridgehead atoms. The second-order valence-corrected chi connectivity index (χ2v) is 7.75. The molecule has 1 aromatic carbocycles. The van der Waals surface area contributed by atoms with E-state index in [2.05, 4.69) is 25.9 Å². The van der Waals surface area contributed by atoms with Gasteiger partial charge in [-0.25, -0.2) is 19.2 Å². The number of carbonyl (C=O) groups excluding carboxylic acids is 1. The number of aliphatic hydroxyl groups is 1. The van der Waals surface area contributed by atoms with E-state index in [0.717, 1.165) is 6.07 Å². The lowest BCUT2D eigenvalue weighted by Gasteiger charge is -2.20. The summed E-state index contributed by atoms with van der Waals surface area (Å²) in [6.07, 6.45) is -0.160. The summed E-state index contributed by atoms with van der Waals surface area (Å²) in [6, 6.07) is 0.337. The van der Waals surface area contributed by atoms with E-state index in [9.17, 15) is 27.5 Å². The topological polar surface area (TPSA) is 112 Å². The number of allylic oxidation sites excluding steroid dienone is 2. The summed E-state index contributed by atoms with van der Waals surface area (Å²) in [5, 5.41) is 17.0. The predicted molar refractivity (Wildman–Crippen MR) is 120 cm³/mol. The molecule has 3 rings (SSSR count). The van der Waals surface area contributed by atoms with E-state index in [1.807, 2.05) is 0 Å². The summed E-state index contributed by atoms with van der Waals surface area (Å²) in [7, 11) is 3.12. The summed E-state index contributed by atoms with van der Waals surface area (Å²) in [4.78, 5) is 22.0. The molecular formula is C22H24F4N6O3. The van der Waals surface area contributed by atoms with Crippen LogP contribution in [0, 0.1) is 5.82 Å². The highest BCUT2D eigenvalue weighted by molar-refractivity contribution is 5.99. The number of hydrogen-bond acceptors (Lipinski definition) is 7. The van der Waals surface area contributed by atoms with Gasteiger partial charge in [-0.15, -0.1) is 0 Å². The van der Waals surface area contributed by atoms with Gasteiger partial charge in [-0.05, 0) is 44.8 Å². The Balaban J connectivity index is 1.72. The van der Waals surface area contributed by atoms with Gasteiger partial charge in [0.2, 0.25) is 0 Å². The number of ether oxygens (including phenoxy) is 1. The summed E-state index contributed by atoms with van der Waals surface area (Å²) < 4.78 is 60.1. The van der Waals surface area contributed by atoms with E-state index in [4.69, 9.17) is 4.74 Å². The van der Waals surface area contributed by atoms with E-state index < -0.39 is 35.5 Å². The number of benzene rings is 1. The number of dihydropyridines is 1. The molecule has 2 amide bonds. The van der Waals surface area contributed by atoms with Crippen molar-refractivity contribution < 1.29 is 32.2 Å². The van der Waals surface area contributed by atoms with Crippen molar-refractivity contribution in [1.82, 2.24) is 20.2 Å². The summed E-state index contributed by atoms with van der Waals surface area (Å²) >= 11 is 0. The maximum absolute atomic E-state index is 14.4. The van der Waals surface area contributed by atoms with Gasteiger partial charge >= 0.3 is 12.2 Å². The molecular weight excluding hydrogens is 472 g/mol. The second-order valence-electron chi connectivity index (χ2n) is 7.75. The number of anilines is 2. The number of aliphatic hydroxyl groups excluding tert-OH is 1. The smallest absolute Gasteiger partial charge is 0.416 e. The van der Waals surface area contributed by atoms with Gasteiger partial charge in [0.05, 0.1) is 35.9 Å². The number of hydrogen-bond donors (Lipinski definition) is 4. The monoisotopic (exact) mass is 496 g/mol.